The van der Waals surface area contributed by atoms with Gasteiger partial charge in [0.15, 0.2) is 0 Å². The first-order valence-electron chi connectivity index (χ1n) is 3.56. The van der Waals surface area contributed by atoms with E-state index in [0.717, 1.165) is 17.8 Å². The average Bonchev–Trinajstić information content (AvgIpc) is 1.99. The van der Waals surface area contributed by atoms with Gasteiger partial charge in [0.05, 0.1) is 10.6 Å². The van der Waals surface area contributed by atoms with Crippen LogP contribution in [0.2, 0.25) is 5.02 Å². The van der Waals surface area contributed by atoms with Crippen LogP contribution in [0, 0.1) is 0 Å². The monoisotopic (exact) mass is 241 g/mol. The van der Waals surface area contributed by atoms with E-state index in [1.54, 1.807) is 6.26 Å². The maximum absolute atomic E-state index is 12.5. The lowest BCUT2D eigenvalue weighted by Gasteiger charge is -2.13. The van der Waals surface area contributed by atoms with Crippen LogP contribution < -0.4 is 5.73 Å². The first-order valence-corrected chi connectivity index (χ1v) is 5.16. The number of hydrogen-bond acceptors (Lipinski definition) is 2. The molecule has 0 spiro atoms. The van der Waals surface area contributed by atoms with Crippen molar-refractivity contribution in [1.29, 1.82) is 0 Å². The summed E-state index contributed by atoms with van der Waals surface area (Å²) in [7, 11) is 0. The molecule has 0 aliphatic heterocycles. The number of alkyl halides is 3. The second-order valence-corrected chi connectivity index (χ2v) is 3.83. The Kier molecular flexibility index (Phi) is 3.21. The zero-order chi connectivity index (χ0) is 10.9. The summed E-state index contributed by atoms with van der Waals surface area (Å²) < 4.78 is 37.5. The van der Waals surface area contributed by atoms with E-state index in [1.165, 1.54) is 6.07 Å². The highest BCUT2D eigenvalue weighted by Gasteiger charge is 2.36. The van der Waals surface area contributed by atoms with Crippen LogP contribution in [0.5, 0.6) is 0 Å². The highest BCUT2D eigenvalue weighted by molar-refractivity contribution is 7.98. The van der Waals surface area contributed by atoms with Crippen LogP contribution in [-0.2, 0) is 6.18 Å². The molecule has 0 saturated carbocycles. The summed E-state index contributed by atoms with van der Waals surface area (Å²) in [6.45, 7) is 0. The molecule has 14 heavy (non-hydrogen) atoms. The van der Waals surface area contributed by atoms with Gasteiger partial charge >= 0.3 is 6.18 Å². The fourth-order valence-electron chi connectivity index (χ4n) is 1.04. The predicted octanol–water partition coefficient (Wildman–Crippen LogP) is 3.66. The van der Waals surface area contributed by atoms with Gasteiger partial charge in [-0.2, -0.15) is 13.2 Å². The van der Waals surface area contributed by atoms with Crippen molar-refractivity contribution in [1.82, 2.24) is 0 Å². The van der Waals surface area contributed by atoms with E-state index in [1.807, 2.05) is 0 Å². The summed E-state index contributed by atoms with van der Waals surface area (Å²) in [5, 5.41) is -0.359. The number of hydrogen-bond donors (Lipinski definition) is 1. The van der Waals surface area contributed by atoms with E-state index in [9.17, 15) is 13.2 Å². The zero-order valence-corrected chi connectivity index (χ0v) is 8.72. The van der Waals surface area contributed by atoms with Crippen molar-refractivity contribution in [3.05, 3.63) is 22.7 Å². The van der Waals surface area contributed by atoms with Crippen molar-refractivity contribution >= 4 is 29.1 Å². The molecule has 0 heterocycles. The molecule has 0 radical (unpaired) electrons. The van der Waals surface area contributed by atoms with E-state index in [-0.39, 0.29) is 15.6 Å². The van der Waals surface area contributed by atoms with E-state index >= 15 is 0 Å². The van der Waals surface area contributed by atoms with Crippen molar-refractivity contribution in [3.8, 4) is 0 Å². The van der Waals surface area contributed by atoms with Crippen LogP contribution in [0.3, 0.4) is 0 Å². The van der Waals surface area contributed by atoms with Crippen molar-refractivity contribution in [2.45, 2.75) is 11.1 Å². The lowest BCUT2D eigenvalue weighted by Crippen LogP contribution is -2.08. The third-order valence-electron chi connectivity index (χ3n) is 1.58. The molecule has 0 unspecified atom stereocenters. The summed E-state index contributed by atoms with van der Waals surface area (Å²) in [5.41, 5.74) is 4.79. The number of nitrogen functional groups attached to an aromatic ring is 1. The molecule has 0 amide bonds. The Morgan fingerprint density at radius 1 is 1.36 bits per heavy atom. The summed E-state index contributed by atoms with van der Waals surface area (Å²) in [6.07, 6.45) is -2.90. The SMILES string of the molecule is CSc1cc(N)cc(Cl)c1C(F)(F)F. The van der Waals surface area contributed by atoms with Crippen LogP contribution in [0.15, 0.2) is 17.0 Å². The van der Waals surface area contributed by atoms with Gasteiger partial charge in [-0.25, -0.2) is 0 Å². The molecule has 0 atom stereocenters. The Hall–Kier alpha value is -0.550. The quantitative estimate of drug-likeness (QED) is 0.600. The summed E-state index contributed by atoms with van der Waals surface area (Å²) in [5.74, 6) is 0. The molecular weight excluding hydrogens is 235 g/mol. The third kappa shape index (κ3) is 2.27. The first kappa shape index (κ1) is 11.5. The molecule has 0 fully saturated rings. The second-order valence-electron chi connectivity index (χ2n) is 2.58. The number of halogens is 4. The second kappa shape index (κ2) is 3.90. The number of thioether (sulfide) groups is 1. The number of nitrogens with two attached hydrogens (primary N) is 1. The van der Waals surface area contributed by atoms with Gasteiger partial charge in [0.1, 0.15) is 0 Å². The van der Waals surface area contributed by atoms with Gasteiger partial charge in [-0.1, -0.05) is 11.6 Å². The fourth-order valence-corrected chi connectivity index (χ4v) is 2.11. The molecule has 1 aromatic carbocycles. The predicted molar refractivity (Wildman–Crippen MR) is 52.6 cm³/mol. The number of anilines is 1. The maximum Gasteiger partial charge on any atom is 0.418 e. The fraction of sp³-hybridized carbons (Fsp3) is 0.250. The third-order valence-corrected chi connectivity index (χ3v) is 2.64. The Labute approximate surface area is 88.4 Å². The Morgan fingerprint density at radius 3 is 2.36 bits per heavy atom. The Bertz CT molecular complexity index is 351. The zero-order valence-electron chi connectivity index (χ0n) is 7.15. The van der Waals surface area contributed by atoms with Gasteiger partial charge in [0.25, 0.3) is 0 Å². The topological polar surface area (TPSA) is 26.0 Å². The van der Waals surface area contributed by atoms with Crippen molar-refractivity contribution in [2.75, 3.05) is 12.0 Å². The lowest BCUT2D eigenvalue weighted by atomic mass is 10.2. The minimum absolute atomic E-state index is 0.0440. The standard InChI is InChI=1S/C8H7ClF3NS/c1-14-6-3-4(13)2-5(9)7(6)8(10,11)12/h2-3H,13H2,1H3. The van der Waals surface area contributed by atoms with E-state index in [4.69, 9.17) is 17.3 Å². The Balaban J connectivity index is 3.40. The molecule has 0 bridgehead atoms. The van der Waals surface area contributed by atoms with Crippen molar-refractivity contribution in [2.24, 2.45) is 0 Å². The molecule has 6 heteroatoms. The number of rotatable bonds is 1. The summed E-state index contributed by atoms with van der Waals surface area (Å²) >= 11 is 6.45. The minimum Gasteiger partial charge on any atom is -0.399 e. The molecule has 1 aromatic rings. The molecule has 0 aliphatic carbocycles. The average molecular weight is 242 g/mol. The molecule has 0 aliphatic rings. The van der Waals surface area contributed by atoms with Crippen LogP contribution >= 0.6 is 23.4 Å². The summed E-state index contributed by atoms with van der Waals surface area (Å²) in [6, 6.07) is 2.36. The van der Waals surface area contributed by atoms with E-state index in [2.05, 4.69) is 0 Å². The Morgan fingerprint density at radius 2 is 1.93 bits per heavy atom. The normalized spacial score (nSPS) is 11.8. The van der Waals surface area contributed by atoms with E-state index in [0.29, 0.717) is 0 Å². The molecule has 1 nitrogen and oxygen atoms in total. The highest BCUT2D eigenvalue weighted by atomic mass is 35.5. The van der Waals surface area contributed by atoms with Gasteiger partial charge in [0, 0.05) is 10.6 Å². The highest BCUT2D eigenvalue weighted by Crippen LogP contribution is 2.41. The van der Waals surface area contributed by atoms with Crippen LogP contribution in [0.25, 0.3) is 0 Å². The summed E-state index contributed by atoms with van der Waals surface area (Å²) in [4.78, 5) is 0.0440. The van der Waals surface area contributed by atoms with E-state index < -0.39 is 11.7 Å². The van der Waals surface area contributed by atoms with Crippen molar-refractivity contribution in [3.63, 3.8) is 0 Å². The first-order chi connectivity index (χ1) is 6.36. The largest absolute Gasteiger partial charge is 0.418 e. The maximum atomic E-state index is 12.5. The molecule has 0 aromatic heterocycles. The molecule has 1 rings (SSSR count). The minimum atomic E-state index is -4.44. The van der Waals surface area contributed by atoms with Crippen LogP contribution in [0.4, 0.5) is 18.9 Å². The van der Waals surface area contributed by atoms with Gasteiger partial charge in [0.2, 0.25) is 0 Å². The van der Waals surface area contributed by atoms with Crippen LogP contribution in [0.1, 0.15) is 5.56 Å². The molecule has 0 saturated heterocycles. The molecular formula is C8H7ClF3NS. The van der Waals surface area contributed by atoms with Crippen molar-refractivity contribution < 1.29 is 13.2 Å². The number of benzene rings is 1. The van der Waals surface area contributed by atoms with Gasteiger partial charge in [-0.05, 0) is 18.4 Å². The van der Waals surface area contributed by atoms with Gasteiger partial charge in [-0.3, -0.25) is 0 Å². The van der Waals surface area contributed by atoms with Gasteiger partial charge < -0.3 is 5.73 Å². The van der Waals surface area contributed by atoms with Gasteiger partial charge in [-0.15, -0.1) is 11.8 Å². The molecule has 78 valence electrons. The molecule has 2 N–H and O–H groups in total. The lowest BCUT2D eigenvalue weighted by molar-refractivity contribution is -0.139. The smallest absolute Gasteiger partial charge is 0.399 e. The van der Waals surface area contributed by atoms with Crippen LogP contribution in [-0.4, -0.2) is 6.26 Å².